The van der Waals surface area contributed by atoms with Gasteiger partial charge >= 0.3 is 5.69 Å². The van der Waals surface area contributed by atoms with Crippen LogP contribution >= 0.6 is 0 Å². The van der Waals surface area contributed by atoms with E-state index in [1.165, 1.54) is 0 Å². The van der Waals surface area contributed by atoms with Gasteiger partial charge in [-0.15, -0.1) is 0 Å². The quantitative estimate of drug-likeness (QED) is 0.670. The number of aliphatic hydroxyl groups is 1. The number of aliphatic hydroxyl groups excluding tert-OH is 1. The molecular weight excluding hydrogens is 206 g/mol. The highest BCUT2D eigenvalue weighted by atomic mass is 16.3. The van der Waals surface area contributed by atoms with Gasteiger partial charge < -0.3 is 10.8 Å². The molecular formula is C11H13N3O2. The molecule has 3 rings (SSSR count). The van der Waals surface area contributed by atoms with Crippen LogP contribution in [0.25, 0.3) is 0 Å². The molecule has 5 nitrogen and oxygen atoms in total. The van der Waals surface area contributed by atoms with Crippen LogP contribution in [0.2, 0.25) is 0 Å². The molecule has 0 bridgehead atoms. The molecule has 1 fully saturated rings. The first-order valence-corrected chi connectivity index (χ1v) is 5.33. The first-order valence-electron chi connectivity index (χ1n) is 5.33. The van der Waals surface area contributed by atoms with E-state index in [1.807, 2.05) is 12.2 Å². The van der Waals surface area contributed by atoms with Gasteiger partial charge in [0, 0.05) is 18.7 Å². The van der Waals surface area contributed by atoms with E-state index in [-0.39, 0.29) is 29.6 Å². The van der Waals surface area contributed by atoms with E-state index in [0.29, 0.717) is 5.92 Å². The Balaban J connectivity index is 2.02. The predicted octanol–water partition coefficient (Wildman–Crippen LogP) is -0.281. The molecule has 1 aromatic rings. The fourth-order valence-electron chi connectivity index (χ4n) is 2.71. The van der Waals surface area contributed by atoms with Crippen molar-refractivity contribution in [1.29, 1.82) is 0 Å². The van der Waals surface area contributed by atoms with Crippen LogP contribution in [-0.4, -0.2) is 21.3 Å². The predicted molar refractivity (Wildman–Crippen MR) is 58.7 cm³/mol. The van der Waals surface area contributed by atoms with Crippen molar-refractivity contribution in [2.75, 3.05) is 12.3 Å². The van der Waals surface area contributed by atoms with Gasteiger partial charge in [-0.2, -0.15) is 4.98 Å². The van der Waals surface area contributed by atoms with Crippen LogP contribution in [-0.2, 0) is 5.54 Å². The highest BCUT2D eigenvalue weighted by Crippen LogP contribution is 2.59. The summed E-state index contributed by atoms with van der Waals surface area (Å²) >= 11 is 0. The monoisotopic (exact) mass is 219 g/mol. The Morgan fingerprint density at radius 3 is 3.06 bits per heavy atom. The Hall–Kier alpha value is -1.62. The molecule has 1 unspecified atom stereocenters. The number of fused-ring (bicyclic) bond motifs is 1. The third-order valence-corrected chi connectivity index (χ3v) is 3.66. The van der Waals surface area contributed by atoms with Crippen molar-refractivity contribution in [3.05, 3.63) is 34.9 Å². The molecule has 84 valence electrons. The number of anilines is 1. The normalized spacial score (nSPS) is 35.1. The number of nitrogen functional groups attached to an aromatic ring is 1. The fourth-order valence-corrected chi connectivity index (χ4v) is 2.71. The van der Waals surface area contributed by atoms with Crippen molar-refractivity contribution in [2.24, 2.45) is 11.8 Å². The topological polar surface area (TPSA) is 81.1 Å². The summed E-state index contributed by atoms with van der Waals surface area (Å²) in [6, 6.07) is 1.63. The maximum atomic E-state index is 11.7. The fraction of sp³-hybridized carbons (Fsp3) is 0.455. The molecule has 0 aromatic carbocycles. The van der Waals surface area contributed by atoms with Crippen LogP contribution in [0.3, 0.4) is 0 Å². The molecule has 2 aliphatic carbocycles. The van der Waals surface area contributed by atoms with E-state index in [2.05, 4.69) is 4.98 Å². The summed E-state index contributed by atoms with van der Waals surface area (Å²) in [5.74, 6) is 0.751. The Morgan fingerprint density at radius 2 is 2.50 bits per heavy atom. The van der Waals surface area contributed by atoms with Gasteiger partial charge in [-0.25, -0.2) is 4.79 Å². The number of hydrogen-bond donors (Lipinski definition) is 2. The van der Waals surface area contributed by atoms with E-state index in [9.17, 15) is 4.79 Å². The summed E-state index contributed by atoms with van der Waals surface area (Å²) in [5.41, 5.74) is 4.89. The third kappa shape index (κ3) is 1.09. The molecule has 1 heterocycles. The molecule has 3 atom stereocenters. The lowest BCUT2D eigenvalue weighted by molar-refractivity contribution is 0.236. The molecule has 0 aliphatic heterocycles. The molecule has 1 saturated carbocycles. The number of hydrogen-bond acceptors (Lipinski definition) is 4. The second-order valence-corrected chi connectivity index (χ2v) is 4.51. The second-order valence-electron chi connectivity index (χ2n) is 4.51. The largest absolute Gasteiger partial charge is 0.396 e. The Labute approximate surface area is 92.2 Å². The minimum atomic E-state index is -0.314. The highest BCUT2D eigenvalue weighted by molar-refractivity contribution is 5.32. The standard InChI is InChI=1S/C11H13N3O2/c12-9-2-4-14(10(16)13-9)11-3-1-7(6-15)8(11)5-11/h1-4,7-8,15H,5-6H2,(H2,12,13,16)/t7-,8-,11?/m0/s1. The zero-order valence-corrected chi connectivity index (χ0v) is 8.71. The zero-order valence-electron chi connectivity index (χ0n) is 8.71. The summed E-state index contributed by atoms with van der Waals surface area (Å²) in [6.07, 6.45) is 6.59. The summed E-state index contributed by atoms with van der Waals surface area (Å²) in [7, 11) is 0. The second kappa shape index (κ2) is 2.95. The lowest BCUT2D eigenvalue weighted by Gasteiger charge is -2.13. The van der Waals surface area contributed by atoms with Crippen LogP contribution in [0.5, 0.6) is 0 Å². The first kappa shape index (κ1) is 9.59. The minimum Gasteiger partial charge on any atom is -0.396 e. The van der Waals surface area contributed by atoms with Crippen LogP contribution in [0, 0.1) is 11.8 Å². The summed E-state index contributed by atoms with van der Waals surface area (Å²) in [4.78, 5) is 15.5. The molecule has 16 heavy (non-hydrogen) atoms. The van der Waals surface area contributed by atoms with Crippen molar-refractivity contribution < 1.29 is 5.11 Å². The molecule has 0 radical (unpaired) electrons. The van der Waals surface area contributed by atoms with Crippen LogP contribution < -0.4 is 11.4 Å². The van der Waals surface area contributed by atoms with Crippen molar-refractivity contribution in [2.45, 2.75) is 12.0 Å². The van der Waals surface area contributed by atoms with Gasteiger partial charge in [-0.1, -0.05) is 12.2 Å². The SMILES string of the molecule is Nc1ccn(C23C=C[C@@H](CO)[C@@H]2C3)c(=O)n1. The highest BCUT2D eigenvalue weighted by Gasteiger charge is 2.60. The average Bonchev–Trinajstić information content (AvgIpc) is 2.86. The molecule has 0 saturated heterocycles. The smallest absolute Gasteiger partial charge is 0.350 e. The van der Waals surface area contributed by atoms with Crippen molar-refractivity contribution in [3.8, 4) is 0 Å². The first-order chi connectivity index (χ1) is 7.67. The van der Waals surface area contributed by atoms with Crippen molar-refractivity contribution in [1.82, 2.24) is 9.55 Å². The van der Waals surface area contributed by atoms with Gasteiger partial charge in [-0.3, -0.25) is 4.57 Å². The molecule has 0 spiro atoms. The molecule has 2 aliphatic rings. The van der Waals surface area contributed by atoms with Crippen LogP contribution in [0.1, 0.15) is 6.42 Å². The van der Waals surface area contributed by atoms with Gasteiger partial charge in [0.05, 0.1) is 5.54 Å². The number of allylic oxidation sites excluding steroid dienone is 1. The summed E-state index contributed by atoms with van der Waals surface area (Å²) in [6.45, 7) is 0.139. The molecule has 3 N–H and O–H groups in total. The zero-order chi connectivity index (χ0) is 11.3. The lowest BCUT2D eigenvalue weighted by atomic mass is 10.1. The Morgan fingerprint density at radius 1 is 1.69 bits per heavy atom. The van der Waals surface area contributed by atoms with Crippen molar-refractivity contribution >= 4 is 5.82 Å². The van der Waals surface area contributed by atoms with E-state index in [4.69, 9.17) is 10.8 Å². The average molecular weight is 219 g/mol. The van der Waals surface area contributed by atoms with Crippen LogP contribution in [0.4, 0.5) is 5.82 Å². The number of rotatable bonds is 2. The Kier molecular flexibility index (Phi) is 1.77. The number of aromatic nitrogens is 2. The maximum Gasteiger partial charge on any atom is 0.350 e. The van der Waals surface area contributed by atoms with Crippen LogP contribution in [0.15, 0.2) is 29.2 Å². The van der Waals surface area contributed by atoms with E-state index in [1.54, 1.807) is 16.8 Å². The van der Waals surface area contributed by atoms with Gasteiger partial charge in [0.2, 0.25) is 0 Å². The van der Waals surface area contributed by atoms with Gasteiger partial charge in [-0.05, 0) is 18.4 Å². The van der Waals surface area contributed by atoms with Gasteiger partial charge in [0.1, 0.15) is 5.82 Å². The molecule has 5 heteroatoms. The van der Waals surface area contributed by atoms with E-state index < -0.39 is 0 Å². The number of nitrogens with two attached hydrogens (primary N) is 1. The van der Waals surface area contributed by atoms with E-state index >= 15 is 0 Å². The van der Waals surface area contributed by atoms with Gasteiger partial charge in [0.15, 0.2) is 0 Å². The number of nitrogens with zero attached hydrogens (tertiary/aromatic N) is 2. The van der Waals surface area contributed by atoms with Gasteiger partial charge in [0.25, 0.3) is 0 Å². The van der Waals surface area contributed by atoms with E-state index in [0.717, 1.165) is 6.42 Å². The Bertz CT molecular complexity index is 522. The van der Waals surface area contributed by atoms with Crippen molar-refractivity contribution in [3.63, 3.8) is 0 Å². The maximum absolute atomic E-state index is 11.7. The third-order valence-electron chi connectivity index (χ3n) is 3.66. The molecule has 0 amide bonds. The lowest BCUT2D eigenvalue weighted by Crippen LogP contribution is -2.31. The molecule has 1 aromatic heterocycles. The minimum absolute atomic E-state index is 0.139. The summed E-state index contributed by atoms with van der Waals surface area (Å²) < 4.78 is 1.63. The summed E-state index contributed by atoms with van der Waals surface area (Å²) in [5, 5.41) is 9.16.